The lowest BCUT2D eigenvalue weighted by Gasteiger charge is -2.34. The average Bonchev–Trinajstić information content (AvgIpc) is 2.56. The van der Waals surface area contributed by atoms with Gasteiger partial charge in [-0.05, 0) is 31.0 Å². The SMILES string of the molecule is CCCC[N+](C)(CCCC(=O)C=CNC)CCCC(=O)C=CNC. The van der Waals surface area contributed by atoms with Gasteiger partial charge in [0.2, 0.25) is 0 Å². The van der Waals surface area contributed by atoms with E-state index >= 15 is 0 Å². The van der Waals surface area contributed by atoms with Gasteiger partial charge in [-0.2, -0.15) is 0 Å². The van der Waals surface area contributed by atoms with E-state index in [1.165, 1.54) is 12.8 Å². The van der Waals surface area contributed by atoms with Crippen molar-refractivity contribution in [3.05, 3.63) is 24.6 Å². The number of ketones is 2. The molecule has 0 amide bonds. The zero-order valence-corrected chi connectivity index (χ0v) is 15.9. The van der Waals surface area contributed by atoms with Gasteiger partial charge in [-0.1, -0.05) is 13.3 Å². The number of rotatable bonds is 15. The van der Waals surface area contributed by atoms with Crippen LogP contribution in [0.4, 0.5) is 0 Å². The average molecular weight is 339 g/mol. The second-order valence-corrected chi connectivity index (χ2v) is 6.53. The molecule has 0 heterocycles. The topological polar surface area (TPSA) is 58.2 Å². The normalized spacial score (nSPS) is 14.0. The summed E-state index contributed by atoms with van der Waals surface area (Å²) in [6.45, 7) is 5.28. The van der Waals surface area contributed by atoms with Gasteiger partial charge in [0.05, 0.1) is 26.7 Å². The lowest BCUT2D eigenvalue weighted by atomic mass is 10.1. The first-order chi connectivity index (χ1) is 11.5. The molecule has 0 spiro atoms. The zero-order valence-electron chi connectivity index (χ0n) is 15.9. The second kappa shape index (κ2) is 13.8. The van der Waals surface area contributed by atoms with E-state index in [-0.39, 0.29) is 11.6 Å². The van der Waals surface area contributed by atoms with Crippen LogP contribution in [-0.4, -0.2) is 56.8 Å². The molecular weight excluding hydrogens is 302 g/mol. The summed E-state index contributed by atoms with van der Waals surface area (Å²) in [5, 5.41) is 5.68. The molecule has 0 bridgehead atoms. The Morgan fingerprint density at radius 1 is 0.833 bits per heavy atom. The molecule has 0 rings (SSSR count). The summed E-state index contributed by atoms with van der Waals surface area (Å²) >= 11 is 0. The smallest absolute Gasteiger partial charge is 0.157 e. The van der Waals surface area contributed by atoms with Gasteiger partial charge < -0.3 is 15.1 Å². The van der Waals surface area contributed by atoms with Gasteiger partial charge in [-0.15, -0.1) is 0 Å². The number of nitrogens with one attached hydrogen (secondary N) is 2. The van der Waals surface area contributed by atoms with Crippen molar-refractivity contribution in [1.29, 1.82) is 0 Å². The molecule has 0 aliphatic heterocycles. The van der Waals surface area contributed by atoms with E-state index in [1.54, 1.807) is 38.6 Å². The molecule has 0 aliphatic rings. The fourth-order valence-electron chi connectivity index (χ4n) is 2.66. The van der Waals surface area contributed by atoms with Crippen molar-refractivity contribution in [2.24, 2.45) is 0 Å². The molecule has 138 valence electrons. The van der Waals surface area contributed by atoms with Crippen LogP contribution in [0.15, 0.2) is 24.6 Å². The van der Waals surface area contributed by atoms with Crippen LogP contribution in [-0.2, 0) is 9.59 Å². The van der Waals surface area contributed by atoms with Crippen molar-refractivity contribution >= 4 is 11.6 Å². The molecule has 24 heavy (non-hydrogen) atoms. The van der Waals surface area contributed by atoms with Crippen molar-refractivity contribution in [3.63, 3.8) is 0 Å². The van der Waals surface area contributed by atoms with Gasteiger partial charge in [-0.3, -0.25) is 9.59 Å². The van der Waals surface area contributed by atoms with Gasteiger partial charge in [0.25, 0.3) is 0 Å². The first-order valence-corrected chi connectivity index (χ1v) is 9.04. The highest BCUT2D eigenvalue weighted by molar-refractivity contribution is 5.89. The molecule has 0 aromatic heterocycles. The first-order valence-electron chi connectivity index (χ1n) is 9.04. The van der Waals surface area contributed by atoms with E-state index in [0.29, 0.717) is 12.8 Å². The number of carbonyl (C=O) groups excluding carboxylic acids is 2. The number of hydrogen-bond donors (Lipinski definition) is 2. The minimum absolute atomic E-state index is 0.166. The van der Waals surface area contributed by atoms with Crippen LogP contribution in [0.5, 0.6) is 0 Å². The fourth-order valence-corrected chi connectivity index (χ4v) is 2.66. The maximum Gasteiger partial charge on any atom is 0.157 e. The Hall–Kier alpha value is -1.62. The van der Waals surface area contributed by atoms with E-state index in [9.17, 15) is 9.59 Å². The molecule has 2 N–H and O–H groups in total. The van der Waals surface area contributed by atoms with E-state index in [1.807, 2.05) is 0 Å². The minimum Gasteiger partial charge on any atom is -0.394 e. The molecule has 0 saturated carbocycles. The zero-order chi connectivity index (χ0) is 18.3. The highest BCUT2D eigenvalue weighted by Gasteiger charge is 2.20. The van der Waals surface area contributed by atoms with Crippen molar-refractivity contribution in [3.8, 4) is 0 Å². The van der Waals surface area contributed by atoms with Crippen LogP contribution in [0.2, 0.25) is 0 Å². The third kappa shape index (κ3) is 11.9. The number of nitrogens with zero attached hydrogens (tertiary/aromatic N) is 1. The number of hydrogen-bond acceptors (Lipinski definition) is 4. The lowest BCUT2D eigenvalue weighted by Crippen LogP contribution is -2.46. The lowest BCUT2D eigenvalue weighted by molar-refractivity contribution is -0.910. The predicted octanol–water partition coefficient (Wildman–Crippen LogP) is 2.40. The van der Waals surface area contributed by atoms with Gasteiger partial charge in [0.15, 0.2) is 11.6 Å². The molecule has 5 heteroatoms. The maximum atomic E-state index is 11.7. The van der Waals surface area contributed by atoms with E-state index in [2.05, 4.69) is 24.6 Å². The monoisotopic (exact) mass is 338 g/mol. The van der Waals surface area contributed by atoms with Crippen molar-refractivity contribution in [1.82, 2.24) is 10.6 Å². The number of carbonyl (C=O) groups is 2. The number of quaternary nitrogens is 1. The fraction of sp³-hybridized carbons (Fsp3) is 0.684. The number of allylic oxidation sites excluding steroid dienone is 2. The maximum absolute atomic E-state index is 11.7. The van der Waals surface area contributed by atoms with E-state index < -0.39 is 0 Å². The molecular formula is C19H36N3O2+. The molecule has 0 unspecified atom stereocenters. The first kappa shape index (κ1) is 22.4. The summed E-state index contributed by atoms with van der Waals surface area (Å²) in [6.07, 6.45) is 11.9. The summed E-state index contributed by atoms with van der Waals surface area (Å²) in [7, 11) is 5.82. The minimum atomic E-state index is 0.166. The Morgan fingerprint density at radius 3 is 1.62 bits per heavy atom. The molecule has 0 aromatic rings. The van der Waals surface area contributed by atoms with Crippen LogP contribution in [0.3, 0.4) is 0 Å². The van der Waals surface area contributed by atoms with Gasteiger partial charge >= 0.3 is 0 Å². The van der Waals surface area contributed by atoms with E-state index in [0.717, 1.165) is 37.0 Å². The highest BCUT2D eigenvalue weighted by Crippen LogP contribution is 2.12. The predicted molar refractivity (Wildman–Crippen MR) is 101 cm³/mol. The van der Waals surface area contributed by atoms with Crippen LogP contribution >= 0.6 is 0 Å². The van der Waals surface area contributed by atoms with E-state index in [4.69, 9.17) is 0 Å². The van der Waals surface area contributed by atoms with Gasteiger partial charge in [0, 0.05) is 39.8 Å². The Labute approximate surface area is 147 Å². The van der Waals surface area contributed by atoms with Crippen molar-refractivity contribution in [2.75, 3.05) is 40.8 Å². The molecule has 0 radical (unpaired) electrons. The molecule has 0 saturated heterocycles. The van der Waals surface area contributed by atoms with Crippen LogP contribution in [0, 0.1) is 0 Å². The summed E-state index contributed by atoms with van der Waals surface area (Å²) < 4.78 is 0.944. The Morgan fingerprint density at radius 2 is 1.25 bits per heavy atom. The second-order valence-electron chi connectivity index (χ2n) is 6.53. The summed E-state index contributed by atoms with van der Waals surface area (Å²) in [4.78, 5) is 23.4. The highest BCUT2D eigenvalue weighted by atomic mass is 16.1. The van der Waals surface area contributed by atoms with Gasteiger partial charge in [0.1, 0.15) is 0 Å². The van der Waals surface area contributed by atoms with Crippen LogP contribution < -0.4 is 10.6 Å². The molecule has 0 aromatic carbocycles. The Kier molecular flexibility index (Phi) is 12.9. The quantitative estimate of drug-likeness (QED) is 0.356. The van der Waals surface area contributed by atoms with Crippen LogP contribution in [0.1, 0.15) is 45.4 Å². The van der Waals surface area contributed by atoms with Gasteiger partial charge in [-0.25, -0.2) is 0 Å². The third-order valence-corrected chi connectivity index (χ3v) is 4.17. The van der Waals surface area contributed by atoms with Crippen molar-refractivity contribution < 1.29 is 14.1 Å². The standard InChI is InChI=1S/C19H35N3O2/c1-5-6-15-22(4,16-7-9-18(23)11-13-20-2)17-8-10-19(24)12-14-21-3/h11-14H,5-10,15-17H2,1-4H3,(H-,20,21,23,24)/p+1. The molecule has 0 aliphatic carbocycles. The molecule has 5 nitrogen and oxygen atoms in total. The Balaban J connectivity index is 4.33. The summed E-state index contributed by atoms with van der Waals surface area (Å²) in [5.74, 6) is 0.331. The number of unbranched alkanes of at least 4 members (excludes halogenated alkanes) is 1. The largest absolute Gasteiger partial charge is 0.394 e. The Bertz CT molecular complexity index is 385. The molecule has 0 atom stereocenters. The van der Waals surface area contributed by atoms with Crippen LogP contribution in [0.25, 0.3) is 0 Å². The summed E-state index contributed by atoms with van der Waals surface area (Å²) in [5.41, 5.74) is 0. The summed E-state index contributed by atoms with van der Waals surface area (Å²) in [6, 6.07) is 0. The molecule has 0 fully saturated rings. The van der Waals surface area contributed by atoms with Crippen molar-refractivity contribution in [2.45, 2.75) is 45.4 Å². The third-order valence-electron chi connectivity index (χ3n) is 4.17.